The maximum absolute atomic E-state index is 15.5. The van der Waals surface area contributed by atoms with Gasteiger partial charge in [0.15, 0.2) is 5.78 Å². The number of ether oxygens (including phenoxy) is 2. The largest absolute Gasteiger partial charge is 0.392 e. The summed E-state index contributed by atoms with van der Waals surface area (Å²) in [6, 6.07) is 6.53. The second-order valence-corrected chi connectivity index (χ2v) is 26.2. The Morgan fingerprint density at radius 3 is 2.37 bits per heavy atom. The number of carbonyl (C=O) groups is 3. The molecular weight excluding hydrogens is 891 g/mol. The minimum absolute atomic E-state index is 0.0767. The predicted octanol–water partition coefficient (Wildman–Crippen LogP) is 9.51. The summed E-state index contributed by atoms with van der Waals surface area (Å²) in [7, 11) is 1.95. The molecule has 386 valence electrons. The van der Waals surface area contributed by atoms with E-state index in [1.54, 1.807) is 0 Å². The highest BCUT2D eigenvalue weighted by molar-refractivity contribution is 6.02. The number of hydrogen-bond donors (Lipinski definition) is 5. The number of epoxide rings is 1. The van der Waals surface area contributed by atoms with Crippen LogP contribution in [0.3, 0.4) is 0 Å². The minimum Gasteiger partial charge on any atom is -0.392 e. The predicted molar refractivity (Wildman–Crippen MR) is 274 cm³/mol. The molecule has 71 heavy (non-hydrogen) atoms. The van der Waals surface area contributed by atoms with Gasteiger partial charge >= 0.3 is 0 Å². The van der Waals surface area contributed by atoms with Crippen molar-refractivity contribution in [2.75, 3.05) is 26.8 Å². The molecule has 0 spiro atoms. The summed E-state index contributed by atoms with van der Waals surface area (Å²) in [5, 5.41) is 41.5. The van der Waals surface area contributed by atoms with Crippen molar-refractivity contribution in [3.05, 3.63) is 69.6 Å². The van der Waals surface area contributed by atoms with Gasteiger partial charge in [-0.25, -0.2) is 0 Å². The monoisotopic (exact) mass is 974 g/mol. The molecule has 2 aromatic heterocycles. The van der Waals surface area contributed by atoms with E-state index < -0.39 is 56.9 Å². The highest BCUT2D eigenvalue weighted by Crippen LogP contribution is 2.76. The van der Waals surface area contributed by atoms with Crippen LogP contribution in [0.1, 0.15) is 184 Å². The quantitative estimate of drug-likeness (QED) is 0.0930. The maximum atomic E-state index is 15.5. The first-order valence-corrected chi connectivity index (χ1v) is 27.8. The van der Waals surface area contributed by atoms with Gasteiger partial charge in [-0.1, -0.05) is 72.1 Å². The van der Waals surface area contributed by atoms with E-state index in [0.29, 0.717) is 82.8 Å². The average molecular weight is 974 g/mol. The lowest BCUT2D eigenvalue weighted by molar-refractivity contribution is -0.222. The van der Waals surface area contributed by atoms with Gasteiger partial charge in [0, 0.05) is 85.7 Å². The molecule has 11 rings (SSSR count). The number of aliphatic hydroxyl groups excluding tert-OH is 2. The zero-order valence-electron chi connectivity index (χ0n) is 44.1. The van der Waals surface area contributed by atoms with Crippen LogP contribution in [0.2, 0.25) is 0 Å². The zero-order chi connectivity index (χ0) is 50.3. The van der Waals surface area contributed by atoms with Crippen molar-refractivity contribution in [2.24, 2.45) is 44.8 Å². The summed E-state index contributed by atoms with van der Waals surface area (Å²) in [5.74, 6) is -0.387. The number of ketones is 2. The van der Waals surface area contributed by atoms with Crippen LogP contribution < -0.4 is 5.32 Å². The molecule has 12 atom stereocenters. The summed E-state index contributed by atoms with van der Waals surface area (Å²) in [6.07, 6.45) is 15.7. The summed E-state index contributed by atoms with van der Waals surface area (Å²) in [5.41, 5.74) is 4.49. The fraction of sp³-hybridized carbons (Fsp3) is 0.717. The first-order chi connectivity index (χ1) is 33.7. The lowest BCUT2D eigenvalue weighted by atomic mass is 9.34. The normalized spacial score (nSPS) is 38.6. The molecule has 11 heteroatoms. The molecule has 2 saturated heterocycles. The van der Waals surface area contributed by atoms with E-state index in [1.165, 1.54) is 24.8 Å². The number of H-pyrrole nitrogens is 1. The Kier molecular flexibility index (Phi) is 12.1. The van der Waals surface area contributed by atoms with E-state index in [0.717, 1.165) is 89.4 Å². The fourth-order valence-corrected chi connectivity index (χ4v) is 17.8. The summed E-state index contributed by atoms with van der Waals surface area (Å²) >= 11 is 0. The number of carbonyl (C=O) groups excluding carboxylic acids is 3. The van der Waals surface area contributed by atoms with E-state index in [2.05, 4.69) is 80.1 Å². The smallest absolute Gasteiger partial charge is 0.160 e. The number of nitrogens with zero attached hydrogens (tertiary/aromatic N) is 1. The third-order valence-corrected chi connectivity index (χ3v) is 21.9. The van der Waals surface area contributed by atoms with E-state index in [4.69, 9.17) is 9.47 Å². The maximum Gasteiger partial charge on any atom is 0.160 e. The first-order valence-electron chi connectivity index (χ1n) is 27.8. The molecular formula is C60H83N3O8. The topological polar surface area (TPSA) is 166 Å². The number of nitrogens with one attached hydrogen (secondary N) is 2. The van der Waals surface area contributed by atoms with E-state index in [-0.39, 0.29) is 29.1 Å². The van der Waals surface area contributed by atoms with Crippen molar-refractivity contribution in [1.29, 1.82) is 0 Å². The number of aromatic amines is 1. The van der Waals surface area contributed by atoms with Gasteiger partial charge in [-0.3, -0.25) is 9.59 Å². The zero-order valence-corrected chi connectivity index (χ0v) is 44.1. The second kappa shape index (κ2) is 17.3. The summed E-state index contributed by atoms with van der Waals surface area (Å²) < 4.78 is 14.1. The van der Waals surface area contributed by atoms with Crippen molar-refractivity contribution < 1.29 is 39.2 Å². The highest BCUT2D eigenvalue weighted by atomic mass is 16.6. The third-order valence-electron chi connectivity index (χ3n) is 21.9. The number of aliphatic hydroxyl groups is 3. The standard InChI is InChI=1S/C60H83N3O8/c1-54(2)53(71-54)44(66)29-55(3)17-14-36-31-62-49-40(42(34-64)38-26-37(35-12-10-9-11-13-35)27-39(28-38)60(69)21-24-70-25-22-60)32-63(50(36)49)33-41-47-48(55)43(65)30-59(47,7)58(6)19-15-45-56(4,20-23-61-8)46(67)16-18-57(45,5)52(58)51(41)68/h26-28,31-32,34-35,41-42,44-45,51-53,61-62,66,68-69H,9-25,29-30,33H2,1-8H3. The molecule has 12 unspecified atom stereocenters. The Hall–Kier alpha value is -3.45. The van der Waals surface area contributed by atoms with Gasteiger partial charge in [0.1, 0.15) is 18.2 Å². The molecule has 11 nitrogen and oxygen atoms in total. The van der Waals surface area contributed by atoms with Gasteiger partial charge in [-0.2, -0.15) is 0 Å². The van der Waals surface area contributed by atoms with Crippen molar-refractivity contribution >= 4 is 28.9 Å². The van der Waals surface area contributed by atoms with Crippen molar-refractivity contribution in [3.63, 3.8) is 0 Å². The fourth-order valence-electron chi connectivity index (χ4n) is 17.8. The number of Topliss-reactive ketones (excluding diaryl/α,β-unsaturated/α-hetero) is 2. The van der Waals surface area contributed by atoms with E-state index in [1.807, 2.05) is 20.9 Å². The van der Waals surface area contributed by atoms with Gasteiger partial charge in [0.05, 0.1) is 40.4 Å². The third kappa shape index (κ3) is 7.48. The molecule has 5 aliphatic carbocycles. The van der Waals surface area contributed by atoms with Crippen LogP contribution in [0.15, 0.2) is 41.7 Å². The number of benzene rings is 1. The Morgan fingerprint density at radius 2 is 1.68 bits per heavy atom. The van der Waals surface area contributed by atoms with Crippen LogP contribution in [0.25, 0.3) is 11.0 Å². The number of allylic oxidation sites excluding steroid dienone is 1. The Bertz CT molecular complexity index is 2650. The molecule has 0 amide bonds. The molecule has 6 fully saturated rings. The van der Waals surface area contributed by atoms with Crippen molar-refractivity contribution in [3.8, 4) is 0 Å². The Balaban J connectivity index is 1.08. The van der Waals surface area contributed by atoms with E-state index >= 15 is 4.79 Å². The number of rotatable bonds is 11. The van der Waals surface area contributed by atoms with Gasteiger partial charge in [0.25, 0.3) is 0 Å². The van der Waals surface area contributed by atoms with Gasteiger partial charge in [-0.05, 0) is 147 Å². The summed E-state index contributed by atoms with van der Waals surface area (Å²) in [6.45, 7) is 17.6. The van der Waals surface area contributed by atoms with E-state index in [9.17, 15) is 24.9 Å². The SMILES string of the molecule is CNCCC1(C)C(=O)CCC2(C)C1CCC1(C)C2C(O)C2Cn3cc(C(C=O)c4cc(C5CCCCC5)cc(C5(O)CCOCC5)c4)c4[nH]cc(c43)CCC(C)(CC(O)C3OC3(C)C)C3=C2C1(C)CC3=O. The molecule has 0 bridgehead atoms. The van der Waals surface area contributed by atoms with Gasteiger partial charge in [-0.15, -0.1) is 0 Å². The van der Waals surface area contributed by atoms with Gasteiger partial charge in [0.2, 0.25) is 0 Å². The Morgan fingerprint density at radius 1 is 0.944 bits per heavy atom. The lowest BCUT2D eigenvalue weighted by Gasteiger charge is -2.70. The molecule has 5 heterocycles. The molecule has 8 aliphatic rings. The molecule has 3 aliphatic heterocycles. The van der Waals surface area contributed by atoms with Gasteiger partial charge < -0.3 is 44.5 Å². The number of hydrogen-bond acceptors (Lipinski definition) is 9. The molecule has 4 saturated carbocycles. The van der Waals surface area contributed by atoms with Crippen LogP contribution in [0, 0.1) is 44.8 Å². The summed E-state index contributed by atoms with van der Waals surface area (Å²) in [4.78, 5) is 47.3. The van der Waals surface area contributed by atoms with Crippen molar-refractivity contribution in [2.45, 2.75) is 199 Å². The number of aryl methyl sites for hydroxylation is 1. The number of aromatic nitrogens is 2. The minimum atomic E-state index is -1.05. The van der Waals surface area contributed by atoms with Crippen LogP contribution in [0.4, 0.5) is 0 Å². The van der Waals surface area contributed by atoms with Crippen LogP contribution in [0.5, 0.6) is 0 Å². The lowest BCUT2D eigenvalue weighted by Crippen LogP contribution is -2.68. The van der Waals surface area contributed by atoms with Crippen LogP contribution >= 0.6 is 0 Å². The first kappa shape index (κ1) is 49.7. The van der Waals surface area contributed by atoms with Crippen molar-refractivity contribution in [1.82, 2.24) is 14.9 Å². The molecule has 1 aromatic carbocycles. The average Bonchev–Trinajstić information content (AvgIpc) is 3.57. The Labute approximate surface area is 421 Å². The van der Waals surface area contributed by atoms with Crippen LogP contribution in [-0.4, -0.2) is 93.4 Å². The molecule has 5 N–H and O–H groups in total. The number of fused-ring (bicyclic) bond motifs is 4. The van der Waals surface area contributed by atoms with Crippen LogP contribution in [-0.2, 0) is 42.4 Å². The number of aldehydes is 1. The molecule has 0 radical (unpaired) electrons. The molecule has 3 aromatic rings. The highest BCUT2D eigenvalue weighted by Gasteiger charge is 2.73. The second-order valence-electron chi connectivity index (χ2n) is 26.2.